The van der Waals surface area contributed by atoms with Crippen LogP contribution in [-0.4, -0.2) is 23.7 Å². The van der Waals surface area contributed by atoms with Crippen molar-refractivity contribution in [3.63, 3.8) is 0 Å². The molecule has 1 aliphatic rings. The molecular formula is C15H21NO2. The first kappa shape index (κ1) is 13.1. The number of aliphatic hydroxyl groups excluding tert-OH is 1. The lowest BCUT2D eigenvalue weighted by atomic mass is 9.82. The van der Waals surface area contributed by atoms with E-state index in [1.54, 1.807) is 0 Å². The Bertz CT molecular complexity index is 411. The highest BCUT2D eigenvalue weighted by molar-refractivity contribution is 5.76. The van der Waals surface area contributed by atoms with Crippen LogP contribution in [0, 0.1) is 12.8 Å². The zero-order valence-electron chi connectivity index (χ0n) is 10.9. The van der Waals surface area contributed by atoms with Crippen molar-refractivity contribution >= 4 is 5.91 Å². The first-order valence-electron chi connectivity index (χ1n) is 6.64. The van der Waals surface area contributed by atoms with Crippen molar-refractivity contribution < 1.29 is 9.90 Å². The Morgan fingerprint density at radius 2 is 2.22 bits per heavy atom. The monoisotopic (exact) mass is 247 g/mol. The summed E-state index contributed by atoms with van der Waals surface area (Å²) in [4.78, 5) is 11.7. The van der Waals surface area contributed by atoms with Crippen molar-refractivity contribution in [2.75, 3.05) is 6.54 Å². The third-order valence-corrected chi connectivity index (χ3v) is 3.52. The van der Waals surface area contributed by atoms with Crippen LogP contribution >= 0.6 is 0 Å². The van der Waals surface area contributed by atoms with Gasteiger partial charge in [-0.3, -0.25) is 4.79 Å². The average Bonchev–Trinajstić information content (AvgIpc) is 2.31. The number of carbonyl (C=O) groups excluding carboxylic acids is 1. The SMILES string of the molecule is Cc1cccc(CCC(=O)NCC2CC(O)C2)c1. The van der Waals surface area contributed by atoms with Crippen molar-refractivity contribution in [2.45, 2.75) is 38.7 Å². The minimum absolute atomic E-state index is 0.109. The molecule has 0 unspecified atom stereocenters. The fraction of sp³-hybridized carbons (Fsp3) is 0.533. The summed E-state index contributed by atoms with van der Waals surface area (Å²) in [6.45, 7) is 2.77. The van der Waals surface area contributed by atoms with Gasteiger partial charge in [-0.05, 0) is 37.7 Å². The van der Waals surface area contributed by atoms with E-state index >= 15 is 0 Å². The number of nitrogens with one attached hydrogen (secondary N) is 1. The van der Waals surface area contributed by atoms with Gasteiger partial charge in [0.25, 0.3) is 0 Å². The highest BCUT2D eigenvalue weighted by Crippen LogP contribution is 2.26. The molecule has 0 radical (unpaired) electrons. The Labute approximate surface area is 108 Å². The Balaban J connectivity index is 1.65. The highest BCUT2D eigenvalue weighted by Gasteiger charge is 2.26. The summed E-state index contributed by atoms with van der Waals surface area (Å²) in [6.07, 6.45) is 2.86. The number of benzene rings is 1. The molecule has 0 atom stereocenters. The van der Waals surface area contributed by atoms with Crippen molar-refractivity contribution in [2.24, 2.45) is 5.92 Å². The summed E-state index contributed by atoms with van der Waals surface area (Å²) in [7, 11) is 0. The second-order valence-electron chi connectivity index (χ2n) is 5.28. The average molecular weight is 247 g/mol. The van der Waals surface area contributed by atoms with Gasteiger partial charge in [-0.1, -0.05) is 29.8 Å². The maximum Gasteiger partial charge on any atom is 0.220 e. The molecule has 98 valence electrons. The van der Waals surface area contributed by atoms with Gasteiger partial charge in [0.2, 0.25) is 5.91 Å². The molecule has 0 spiro atoms. The van der Waals surface area contributed by atoms with Gasteiger partial charge in [0.15, 0.2) is 0 Å². The van der Waals surface area contributed by atoms with Crippen LogP contribution < -0.4 is 5.32 Å². The number of hydrogen-bond acceptors (Lipinski definition) is 2. The number of aryl methyl sites for hydroxylation is 2. The smallest absolute Gasteiger partial charge is 0.220 e. The molecule has 18 heavy (non-hydrogen) atoms. The van der Waals surface area contributed by atoms with Gasteiger partial charge < -0.3 is 10.4 Å². The maximum atomic E-state index is 11.7. The number of rotatable bonds is 5. The predicted molar refractivity (Wildman–Crippen MR) is 71.2 cm³/mol. The Kier molecular flexibility index (Phi) is 4.37. The number of carbonyl (C=O) groups is 1. The second kappa shape index (κ2) is 6.01. The molecule has 1 aromatic rings. The maximum absolute atomic E-state index is 11.7. The Morgan fingerprint density at radius 3 is 2.89 bits per heavy atom. The van der Waals surface area contributed by atoms with E-state index in [2.05, 4.69) is 30.4 Å². The third-order valence-electron chi connectivity index (χ3n) is 3.52. The second-order valence-corrected chi connectivity index (χ2v) is 5.28. The van der Waals surface area contributed by atoms with Gasteiger partial charge in [0, 0.05) is 13.0 Å². The van der Waals surface area contributed by atoms with E-state index in [0.717, 1.165) is 19.3 Å². The van der Waals surface area contributed by atoms with E-state index < -0.39 is 0 Å². The van der Waals surface area contributed by atoms with Gasteiger partial charge >= 0.3 is 0 Å². The van der Waals surface area contributed by atoms with Gasteiger partial charge in [-0.15, -0.1) is 0 Å². The lowest BCUT2D eigenvalue weighted by Crippen LogP contribution is -2.38. The van der Waals surface area contributed by atoms with Gasteiger partial charge in [-0.25, -0.2) is 0 Å². The van der Waals surface area contributed by atoms with Crippen LogP contribution in [0.2, 0.25) is 0 Å². The summed E-state index contributed by atoms with van der Waals surface area (Å²) in [5.41, 5.74) is 2.44. The summed E-state index contributed by atoms with van der Waals surface area (Å²) >= 11 is 0. The number of amides is 1. The largest absolute Gasteiger partial charge is 0.393 e. The van der Waals surface area contributed by atoms with Gasteiger partial charge in [-0.2, -0.15) is 0 Å². The molecule has 1 fully saturated rings. The molecule has 3 heteroatoms. The molecule has 0 heterocycles. The van der Waals surface area contributed by atoms with Crippen molar-refractivity contribution in [1.82, 2.24) is 5.32 Å². The summed E-state index contributed by atoms with van der Waals surface area (Å²) in [6, 6.07) is 8.27. The van der Waals surface area contributed by atoms with E-state index in [1.165, 1.54) is 11.1 Å². The lowest BCUT2D eigenvalue weighted by Gasteiger charge is -2.31. The molecule has 1 saturated carbocycles. The molecule has 1 aromatic carbocycles. The fourth-order valence-corrected chi connectivity index (χ4v) is 2.34. The van der Waals surface area contributed by atoms with E-state index in [-0.39, 0.29) is 12.0 Å². The zero-order chi connectivity index (χ0) is 13.0. The van der Waals surface area contributed by atoms with Crippen LogP contribution in [0.5, 0.6) is 0 Å². The van der Waals surface area contributed by atoms with Gasteiger partial charge in [0.1, 0.15) is 0 Å². The van der Waals surface area contributed by atoms with E-state index in [1.807, 2.05) is 6.07 Å². The number of hydrogen-bond donors (Lipinski definition) is 2. The van der Waals surface area contributed by atoms with Crippen molar-refractivity contribution in [3.8, 4) is 0 Å². The molecule has 1 aliphatic carbocycles. The fourth-order valence-electron chi connectivity index (χ4n) is 2.34. The van der Waals surface area contributed by atoms with Gasteiger partial charge in [0.05, 0.1) is 6.10 Å². The topological polar surface area (TPSA) is 49.3 Å². The van der Waals surface area contributed by atoms with E-state index in [4.69, 9.17) is 5.11 Å². The normalized spacial score (nSPS) is 22.3. The predicted octanol–water partition coefficient (Wildman–Crippen LogP) is 1.81. The van der Waals surface area contributed by atoms with Crippen molar-refractivity contribution in [1.29, 1.82) is 0 Å². The standard InChI is InChI=1S/C15H21NO2/c1-11-3-2-4-12(7-11)5-6-15(18)16-10-13-8-14(17)9-13/h2-4,7,13-14,17H,5-6,8-10H2,1H3,(H,16,18). The Morgan fingerprint density at radius 1 is 1.44 bits per heavy atom. The molecule has 0 saturated heterocycles. The molecule has 0 aliphatic heterocycles. The first-order valence-corrected chi connectivity index (χ1v) is 6.64. The van der Waals surface area contributed by atoms with Crippen molar-refractivity contribution in [3.05, 3.63) is 35.4 Å². The van der Waals surface area contributed by atoms with Crippen LogP contribution in [0.1, 0.15) is 30.4 Å². The molecule has 0 bridgehead atoms. The molecule has 0 aromatic heterocycles. The molecule has 3 nitrogen and oxygen atoms in total. The van der Waals surface area contributed by atoms with E-state index in [9.17, 15) is 4.79 Å². The molecule has 1 amide bonds. The van der Waals surface area contributed by atoms with Crippen LogP contribution in [0.25, 0.3) is 0 Å². The minimum atomic E-state index is -0.140. The third kappa shape index (κ3) is 3.84. The van der Waals surface area contributed by atoms with Crippen LogP contribution in [0.4, 0.5) is 0 Å². The summed E-state index contributed by atoms with van der Waals surface area (Å²) in [5.74, 6) is 0.584. The quantitative estimate of drug-likeness (QED) is 0.833. The van der Waals surface area contributed by atoms with E-state index in [0.29, 0.717) is 18.9 Å². The van der Waals surface area contributed by atoms with Crippen LogP contribution in [-0.2, 0) is 11.2 Å². The molecule has 2 N–H and O–H groups in total. The molecular weight excluding hydrogens is 226 g/mol. The zero-order valence-corrected chi connectivity index (χ0v) is 10.9. The summed E-state index contributed by atoms with van der Waals surface area (Å²) < 4.78 is 0. The lowest BCUT2D eigenvalue weighted by molar-refractivity contribution is -0.121. The minimum Gasteiger partial charge on any atom is -0.393 e. The molecule has 2 rings (SSSR count). The summed E-state index contributed by atoms with van der Waals surface area (Å²) in [5, 5.41) is 12.1. The highest BCUT2D eigenvalue weighted by atomic mass is 16.3. The van der Waals surface area contributed by atoms with Crippen LogP contribution in [0.3, 0.4) is 0 Å². The van der Waals surface area contributed by atoms with Crippen LogP contribution in [0.15, 0.2) is 24.3 Å². The number of aliphatic hydroxyl groups is 1. The first-order chi connectivity index (χ1) is 8.63. The Hall–Kier alpha value is -1.35.